The van der Waals surface area contributed by atoms with E-state index < -0.39 is 0 Å². The van der Waals surface area contributed by atoms with E-state index in [-0.39, 0.29) is 12.3 Å². The summed E-state index contributed by atoms with van der Waals surface area (Å²) in [5.41, 5.74) is 0.738. The molecule has 3 aromatic heterocycles. The first-order chi connectivity index (χ1) is 11.3. The zero-order valence-corrected chi connectivity index (χ0v) is 13.9. The van der Waals surface area contributed by atoms with Gasteiger partial charge in [0.1, 0.15) is 0 Å². The summed E-state index contributed by atoms with van der Waals surface area (Å²) in [5.74, 6) is 0.475. The van der Waals surface area contributed by atoms with Crippen LogP contribution in [0.3, 0.4) is 0 Å². The average molecular weight is 345 g/mol. The molecule has 6 nitrogen and oxygen atoms in total. The Kier molecular flexibility index (Phi) is 5.28. The van der Waals surface area contributed by atoms with Crippen LogP contribution in [0.4, 0.5) is 11.1 Å². The fraction of sp³-hybridized carbons (Fsp3) is 0.200. The van der Waals surface area contributed by atoms with Crippen LogP contribution < -0.4 is 10.6 Å². The van der Waals surface area contributed by atoms with E-state index in [1.165, 1.54) is 16.2 Å². The van der Waals surface area contributed by atoms with Crippen LogP contribution in [0.2, 0.25) is 0 Å². The summed E-state index contributed by atoms with van der Waals surface area (Å²) in [4.78, 5) is 25.7. The van der Waals surface area contributed by atoms with Crippen LogP contribution in [-0.4, -0.2) is 27.4 Å². The zero-order chi connectivity index (χ0) is 15.9. The Bertz CT molecular complexity index is 742. The lowest BCUT2D eigenvalue weighted by Crippen LogP contribution is -2.27. The molecule has 118 valence electrons. The molecule has 0 aliphatic heterocycles. The van der Waals surface area contributed by atoms with Gasteiger partial charge in [-0.25, -0.2) is 15.0 Å². The summed E-state index contributed by atoms with van der Waals surface area (Å²) in [6.07, 6.45) is 4.45. The number of hydrogen-bond donors (Lipinski definition) is 2. The molecule has 0 aromatic carbocycles. The van der Waals surface area contributed by atoms with Crippen LogP contribution in [0.5, 0.6) is 0 Å². The molecule has 0 aliphatic carbocycles. The molecule has 0 saturated carbocycles. The van der Waals surface area contributed by atoms with Gasteiger partial charge in [-0.3, -0.25) is 4.79 Å². The number of hydrogen-bond acceptors (Lipinski definition) is 7. The van der Waals surface area contributed by atoms with E-state index in [0.717, 1.165) is 12.1 Å². The summed E-state index contributed by atoms with van der Waals surface area (Å²) >= 11 is 3.13. The van der Waals surface area contributed by atoms with Crippen molar-refractivity contribution in [2.75, 3.05) is 11.9 Å². The SMILES string of the molecule is O=C(Cc1csc(Nc2ncccn2)n1)NCCc1cccs1. The van der Waals surface area contributed by atoms with Crippen molar-refractivity contribution in [1.29, 1.82) is 0 Å². The van der Waals surface area contributed by atoms with Crippen molar-refractivity contribution in [3.8, 4) is 0 Å². The molecule has 0 bridgehead atoms. The second-order valence-corrected chi connectivity index (χ2v) is 6.59. The number of thiazole rings is 1. The van der Waals surface area contributed by atoms with Crippen LogP contribution >= 0.6 is 22.7 Å². The Balaban J connectivity index is 1.45. The van der Waals surface area contributed by atoms with Gasteiger partial charge in [0.25, 0.3) is 0 Å². The summed E-state index contributed by atoms with van der Waals surface area (Å²) in [6, 6.07) is 5.84. The number of thiophene rings is 1. The molecule has 0 saturated heterocycles. The molecule has 1 amide bonds. The Morgan fingerprint density at radius 2 is 2.04 bits per heavy atom. The molecule has 0 fully saturated rings. The average Bonchev–Trinajstić information content (AvgIpc) is 3.21. The van der Waals surface area contributed by atoms with Gasteiger partial charge in [-0.1, -0.05) is 6.07 Å². The maximum atomic E-state index is 11.9. The fourth-order valence-electron chi connectivity index (χ4n) is 1.91. The number of carbonyl (C=O) groups is 1. The molecule has 23 heavy (non-hydrogen) atoms. The third-order valence-electron chi connectivity index (χ3n) is 2.95. The van der Waals surface area contributed by atoms with Gasteiger partial charge in [-0.15, -0.1) is 22.7 Å². The minimum Gasteiger partial charge on any atom is -0.355 e. The van der Waals surface area contributed by atoms with E-state index in [1.54, 1.807) is 29.8 Å². The van der Waals surface area contributed by atoms with Crippen molar-refractivity contribution in [2.45, 2.75) is 12.8 Å². The van der Waals surface area contributed by atoms with Gasteiger partial charge in [0.05, 0.1) is 12.1 Å². The van der Waals surface area contributed by atoms with Gasteiger partial charge in [-0.2, -0.15) is 0 Å². The molecule has 0 radical (unpaired) electrons. The maximum Gasteiger partial charge on any atom is 0.228 e. The van der Waals surface area contributed by atoms with E-state index in [1.807, 2.05) is 16.8 Å². The van der Waals surface area contributed by atoms with Crippen molar-refractivity contribution in [3.05, 3.63) is 51.9 Å². The zero-order valence-electron chi connectivity index (χ0n) is 12.2. The highest BCUT2D eigenvalue weighted by atomic mass is 32.1. The van der Waals surface area contributed by atoms with E-state index in [4.69, 9.17) is 0 Å². The Morgan fingerprint density at radius 3 is 2.83 bits per heavy atom. The van der Waals surface area contributed by atoms with Gasteiger partial charge in [0.15, 0.2) is 5.13 Å². The van der Waals surface area contributed by atoms with E-state index >= 15 is 0 Å². The largest absolute Gasteiger partial charge is 0.355 e. The minimum atomic E-state index is -0.0191. The lowest BCUT2D eigenvalue weighted by Gasteiger charge is -2.02. The Morgan fingerprint density at radius 1 is 1.17 bits per heavy atom. The van der Waals surface area contributed by atoms with Crippen molar-refractivity contribution < 1.29 is 4.79 Å². The van der Waals surface area contributed by atoms with Crippen molar-refractivity contribution in [2.24, 2.45) is 0 Å². The van der Waals surface area contributed by atoms with Crippen LogP contribution in [0, 0.1) is 0 Å². The first kappa shape index (κ1) is 15.6. The van der Waals surface area contributed by atoms with Crippen molar-refractivity contribution >= 4 is 39.7 Å². The number of nitrogens with one attached hydrogen (secondary N) is 2. The van der Waals surface area contributed by atoms with Gasteiger partial charge in [0, 0.05) is 29.2 Å². The highest BCUT2D eigenvalue weighted by molar-refractivity contribution is 7.13. The summed E-state index contributed by atoms with van der Waals surface area (Å²) in [6.45, 7) is 0.645. The molecule has 2 N–H and O–H groups in total. The Hall–Kier alpha value is -2.32. The first-order valence-corrected chi connectivity index (χ1v) is 8.83. The summed E-state index contributed by atoms with van der Waals surface area (Å²) in [7, 11) is 0. The van der Waals surface area contributed by atoms with Gasteiger partial charge >= 0.3 is 0 Å². The van der Waals surface area contributed by atoms with Gasteiger partial charge in [0.2, 0.25) is 11.9 Å². The third-order valence-corrected chi connectivity index (χ3v) is 4.69. The van der Waals surface area contributed by atoms with E-state index in [0.29, 0.717) is 17.6 Å². The molecular formula is C15H15N5OS2. The molecule has 3 heterocycles. The molecular weight excluding hydrogens is 330 g/mol. The topological polar surface area (TPSA) is 79.8 Å². The normalized spacial score (nSPS) is 10.4. The molecule has 0 aliphatic rings. The number of amides is 1. The van der Waals surface area contributed by atoms with Crippen LogP contribution in [0.15, 0.2) is 41.4 Å². The molecule has 0 unspecified atom stereocenters. The fourth-order valence-corrected chi connectivity index (χ4v) is 3.32. The molecule has 3 rings (SSSR count). The van der Waals surface area contributed by atoms with Crippen LogP contribution in [0.1, 0.15) is 10.6 Å². The van der Waals surface area contributed by atoms with Crippen LogP contribution in [0.25, 0.3) is 0 Å². The lowest BCUT2D eigenvalue weighted by atomic mass is 10.3. The predicted molar refractivity (Wildman–Crippen MR) is 92.2 cm³/mol. The molecule has 8 heteroatoms. The number of nitrogens with zero attached hydrogens (tertiary/aromatic N) is 3. The predicted octanol–water partition coefficient (Wildman–Crippen LogP) is 2.64. The second kappa shape index (κ2) is 7.80. The lowest BCUT2D eigenvalue weighted by molar-refractivity contribution is -0.120. The number of rotatable bonds is 7. The Labute approximate surface area is 141 Å². The molecule has 0 spiro atoms. The van der Waals surface area contributed by atoms with Crippen molar-refractivity contribution in [1.82, 2.24) is 20.3 Å². The van der Waals surface area contributed by atoms with Gasteiger partial charge in [-0.05, 0) is 23.9 Å². The highest BCUT2D eigenvalue weighted by Crippen LogP contribution is 2.18. The number of aromatic nitrogens is 3. The van der Waals surface area contributed by atoms with Crippen LogP contribution in [-0.2, 0) is 17.6 Å². The maximum absolute atomic E-state index is 11.9. The van der Waals surface area contributed by atoms with Crippen molar-refractivity contribution in [3.63, 3.8) is 0 Å². The van der Waals surface area contributed by atoms with E-state index in [2.05, 4.69) is 31.7 Å². The number of carbonyl (C=O) groups excluding carboxylic acids is 1. The summed E-state index contributed by atoms with van der Waals surface area (Å²) < 4.78 is 0. The first-order valence-electron chi connectivity index (χ1n) is 7.07. The van der Waals surface area contributed by atoms with E-state index in [9.17, 15) is 4.79 Å². The minimum absolute atomic E-state index is 0.0191. The smallest absolute Gasteiger partial charge is 0.228 e. The summed E-state index contributed by atoms with van der Waals surface area (Å²) in [5, 5.41) is 10.5. The highest BCUT2D eigenvalue weighted by Gasteiger charge is 2.08. The van der Waals surface area contributed by atoms with Gasteiger partial charge < -0.3 is 10.6 Å². The molecule has 3 aromatic rings. The standard InChI is InChI=1S/C15H15N5OS2/c21-13(16-7-4-12-3-1-8-22-12)9-11-10-23-15(19-11)20-14-17-5-2-6-18-14/h1-3,5-6,8,10H,4,7,9H2,(H,16,21)(H,17,18,19,20). The second-order valence-electron chi connectivity index (χ2n) is 4.70. The quantitative estimate of drug-likeness (QED) is 0.688. The monoisotopic (exact) mass is 345 g/mol. The number of anilines is 2. The molecule has 0 atom stereocenters. The third kappa shape index (κ3) is 4.83.